The Morgan fingerprint density at radius 1 is 0.872 bits per heavy atom. The van der Waals surface area contributed by atoms with Crippen LogP contribution in [0.3, 0.4) is 0 Å². The summed E-state index contributed by atoms with van der Waals surface area (Å²) in [4.78, 5) is 14.4. The molecule has 1 saturated heterocycles. The van der Waals surface area contributed by atoms with Crippen molar-refractivity contribution in [2.75, 3.05) is 20.1 Å². The first kappa shape index (κ1) is 35.9. The largest absolute Gasteiger partial charge is 0.416 e. The van der Waals surface area contributed by atoms with Crippen molar-refractivity contribution >= 4 is 5.91 Å². The topological polar surface area (TPSA) is 32.3 Å². The Bertz CT molecular complexity index is 1000. The minimum atomic E-state index is -4.95. The molecule has 3 nitrogen and oxygen atoms in total. The van der Waals surface area contributed by atoms with E-state index < -0.39 is 34.8 Å². The molecule has 0 aliphatic carbocycles. The van der Waals surface area contributed by atoms with Crippen LogP contribution in [0.1, 0.15) is 62.8 Å². The summed E-state index contributed by atoms with van der Waals surface area (Å²) in [6, 6.07) is 7.72. The molecule has 0 aromatic heterocycles. The predicted molar refractivity (Wildman–Crippen MR) is 141 cm³/mol. The molecule has 0 bridgehead atoms. The van der Waals surface area contributed by atoms with Crippen LogP contribution in [0.5, 0.6) is 0 Å². The van der Waals surface area contributed by atoms with Gasteiger partial charge < -0.3 is 10.2 Å². The molecule has 1 fully saturated rings. The highest BCUT2D eigenvalue weighted by Crippen LogP contribution is 2.39. The summed E-state index contributed by atoms with van der Waals surface area (Å²) in [5, 5.41) is 3.14. The van der Waals surface area contributed by atoms with Crippen molar-refractivity contribution in [1.29, 1.82) is 0 Å². The third-order valence-corrected chi connectivity index (χ3v) is 6.00. The molecule has 1 aliphatic rings. The number of nitrogens with one attached hydrogen (secondary N) is 1. The Balaban J connectivity index is 0.00000101. The summed E-state index contributed by atoms with van der Waals surface area (Å²) >= 11 is 0. The van der Waals surface area contributed by atoms with Crippen molar-refractivity contribution in [2.45, 2.75) is 71.3 Å². The van der Waals surface area contributed by atoms with Gasteiger partial charge in [-0.1, -0.05) is 26.0 Å². The van der Waals surface area contributed by atoms with Crippen LogP contribution in [-0.2, 0) is 22.6 Å². The van der Waals surface area contributed by atoms with Crippen molar-refractivity contribution in [3.63, 3.8) is 0 Å². The minimum Gasteiger partial charge on any atom is -0.342 e. The van der Waals surface area contributed by atoms with Gasteiger partial charge in [0.1, 0.15) is 5.82 Å². The Kier molecular flexibility index (Phi) is 14.3. The summed E-state index contributed by atoms with van der Waals surface area (Å²) < 4.78 is 90.8. The molecular formula is C29H37F7N2O. The second-order valence-electron chi connectivity index (χ2n) is 9.12. The zero-order chi connectivity index (χ0) is 30.6. The zero-order valence-corrected chi connectivity index (χ0v) is 23.1. The third kappa shape index (κ3) is 10.9. The van der Waals surface area contributed by atoms with Gasteiger partial charge in [0.2, 0.25) is 5.91 Å². The Morgan fingerprint density at radius 3 is 1.67 bits per heavy atom. The van der Waals surface area contributed by atoms with Crippen molar-refractivity contribution in [1.82, 2.24) is 10.2 Å². The van der Waals surface area contributed by atoms with Gasteiger partial charge in [0, 0.05) is 13.1 Å². The highest BCUT2D eigenvalue weighted by atomic mass is 19.4. The molecule has 0 unspecified atom stereocenters. The van der Waals surface area contributed by atoms with Crippen LogP contribution in [-0.4, -0.2) is 37.0 Å². The number of halogens is 7. The number of hydrogen-bond donors (Lipinski definition) is 1. The van der Waals surface area contributed by atoms with E-state index in [9.17, 15) is 35.5 Å². The van der Waals surface area contributed by atoms with Crippen molar-refractivity contribution < 1.29 is 35.5 Å². The molecule has 1 N–H and O–H groups in total. The van der Waals surface area contributed by atoms with Gasteiger partial charge in [-0.2, -0.15) is 26.3 Å². The number of rotatable bonds is 3. The summed E-state index contributed by atoms with van der Waals surface area (Å²) in [6.45, 7) is 9.96. The van der Waals surface area contributed by atoms with Gasteiger partial charge in [0.05, 0.1) is 16.5 Å². The second kappa shape index (κ2) is 15.5. The number of carbonyl (C=O) groups is 1. The fourth-order valence-corrected chi connectivity index (χ4v) is 3.85. The number of alkyl halides is 6. The number of carbonyl (C=O) groups excluding carboxylic acids is 1. The third-order valence-electron chi connectivity index (χ3n) is 6.00. The molecule has 1 aliphatic heterocycles. The standard InChI is InChI=1S/C18H22F6N2O.C7H7F.C2H6.C2H2/c1-16(2,15(27)26(3)14-4-6-25-7-5-14)11-8-12(17(19,20)21)10-13(9-11)18(22,23)24;1-6-3-2-4-7(8)5-6;2*1-2/h8-10,14,25H,4-7H2,1-3H3;2-5H,1H3;1-2H3;1-2H. The number of hydrogen-bond acceptors (Lipinski definition) is 2. The van der Waals surface area contributed by atoms with E-state index in [4.69, 9.17) is 0 Å². The lowest BCUT2D eigenvalue weighted by Crippen LogP contribution is -2.49. The molecular weight excluding hydrogens is 525 g/mol. The maximum absolute atomic E-state index is 13.1. The van der Waals surface area contributed by atoms with Crippen LogP contribution in [0, 0.1) is 25.6 Å². The Morgan fingerprint density at radius 2 is 1.31 bits per heavy atom. The molecule has 218 valence electrons. The van der Waals surface area contributed by atoms with Crippen LogP contribution >= 0.6 is 0 Å². The molecule has 0 saturated carbocycles. The van der Waals surface area contributed by atoms with E-state index >= 15 is 0 Å². The van der Waals surface area contributed by atoms with Crippen LogP contribution in [0.4, 0.5) is 30.7 Å². The van der Waals surface area contributed by atoms with Crippen LogP contribution in [0.2, 0.25) is 0 Å². The molecule has 3 rings (SSSR count). The van der Waals surface area contributed by atoms with Gasteiger partial charge in [-0.25, -0.2) is 4.39 Å². The quantitative estimate of drug-likeness (QED) is 0.308. The molecule has 39 heavy (non-hydrogen) atoms. The minimum absolute atomic E-state index is 0.0700. The SMILES string of the molecule is C#C.CC.CN(C(=O)C(C)(C)c1cc(C(F)(F)F)cc(C(F)(F)F)c1)C1CCNCC1.Cc1cccc(F)c1. The molecule has 2 aromatic rings. The van der Waals surface area contributed by atoms with Crippen LogP contribution in [0.25, 0.3) is 0 Å². The highest BCUT2D eigenvalue weighted by molar-refractivity contribution is 5.87. The lowest BCUT2D eigenvalue weighted by Gasteiger charge is -2.37. The Hall–Kier alpha value is -3.06. The van der Waals surface area contributed by atoms with Gasteiger partial charge in [-0.05, 0) is 88.2 Å². The van der Waals surface area contributed by atoms with E-state index in [-0.39, 0.29) is 23.5 Å². The average molecular weight is 563 g/mol. The number of aryl methyl sites for hydroxylation is 1. The second-order valence-corrected chi connectivity index (χ2v) is 9.12. The van der Waals surface area contributed by atoms with Crippen molar-refractivity contribution in [3.8, 4) is 12.8 Å². The van der Waals surface area contributed by atoms with Crippen molar-refractivity contribution in [3.05, 3.63) is 70.5 Å². The first-order valence-electron chi connectivity index (χ1n) is 12.4. The number of nitrogens with zero attached hydrogens (tertiary/aromatic N) is 1. The normalized spacial score (nSPS) is 13.9. The number of piperidine rings is 1. The van der Waals surface area contributed by atoms with Gasteiger partial charge in [-0.3, -0.25) is 4.79 Å². The molecule has 1 amide bonds. The van der Waals surface area contributed by atoms with E-state index in [1.807, 2.05) is 26.8 Å². The lowest BCUT2D eigenvalue weighted by atomic mass is 9.81. The number of amides is 1. The van der Waals surface area contributed by atoms with Gasteiger partial charge in [0.25, 0.3) is 0 Å². The van der Waals surface area contributed by atoms with Crippen molar-refractivity contribution in [2.24, 2.45) is 0 Å². The highest BCUT2D eigenvalue weighted by Gasteiger charge is 2.41. The van der Waals surface area contributed by atoms with E-state index in [0.717, 1.165) is 5.56 Å². The molecule has 10 heteroatoms. The van der Waals surface area contributed by atoms with Gasteiger partial charge in [0.15, 0.2) is 0 Å². The van der Waals surface area contributed by atoms with E-state index in [0.29, 0.717) is 38.1 Å². The molecule has 2 aromatic carbocycles. The predicted octanol–water partition coefficient (Wildman–Crippen LogP) is 7.62. The first-order valence-corrected chi connectivity index (χ1v) is 12.4. The summed E-state index contributed by atoms with van der Waals surface area (Å²) in [7, 11) is 1.54. The number of likely N-dealkylation sites (N-methyl/N-ethyl adjacent to an activating group) is 1. The van der Waals surface area contributed by atoms with Gasteiger partial charge >= 0.3 is 12.4 Å². The summed E-state index contributed by atoms with van der Waals surface area (Å²) in [6.07, 6.45) is -0.546. The van der Waals surface area contributed by atoms with Crippen LogP contribution < -0.4 is 5.32 Å². The smallest absolute Gasteiger partial charge is 0.342 e. The fraction of sp³-hybridized carbons (Fsp3) is 0.483. The van der Waals surface area contributed by atoms with E-state index in [2.05, 4.69) is 18.2 Å². The zero-order valence-electron chi connectivity index (χ0n) is 23.1. The fourth-order valence-electron chi connectivity index (χ4n) is 3.85. The Labute approximate surface area is 226 Å². The monoisotopic (exact) mass is 562 g/mol. The summed E-state index contributed by atoms with van der Waals surface area (Å²) in [5.74, 6) is -0.674. The lowest BCUT2D eigenvalue weighted by molar-refractivity contribution is -0.144. The summed E-state index contributed by atoms with van der Waals surface area (Å²) in [5.41, 5.74) is -3.73. The maximum atomic E-state index is 13.1. The number of benzene rings is 2. The van der Waals surface area contributed by atoms with Crippen LogP contribution in [0.15, 0.2) is 42.5 Å². The number of terminal acetylenes is 1. The molecule has 0 atom stereocenters. The first-order chi connectivity index (χ1) is 18.0. The maximum Gasteiger partial charge on any atom is 0.416 e. The molecule has 0 radical (unpaired) electrons. The average Bonchev–Trinajstić information content (AvgIpc) is 2.89. The van der Waals surface area contributed by atoms with E-state index in [1.54, 1.807) is 13.1 Å². The van der Waals surface area contributed by atoms with Gasteiger partial charge in [-0.15, -0.1) is 12.8 Å². The molecule has 1 heterocycles. The molecule has 0 spiro atoms. The van der Waals surface area contributed by atoms with E-state index in [1.165, 1.54) is 30.9 Å².